The molecule has 0 saturated carbocycles. The predicted molar refractivity (Wildman–Crippen MR) is 64.2 cm³/mol. The molecule has 0 spiro atoms. The number of methoxy groups -OCH3 is 1. The molecule has 1 aliphatic rings. The lowest BCUT2D eigenvalue weighted by atomic mass is 10.1. The molecule has 3 nitrogen and oxygen atoms in total. The quantitative estimate of drug-likeness (QED) is 0.702. The van der Waals surface area contributed by atoms with Gasteiger partial charge in [-0.1, -0.05) is 0 Å². The van der Waals surface area contributed by atoms with Crippen molar-refractivity contribution in [3.8, 4) is 0 Å². The number of hydrogen-bond donors (Lipinski definition) is 1. The van der Waals surface area contributed by atoms with Crippen LogP contribution in [0.2, 0.25) is 0 Å². The lowest BCUT2D eigenvalue weighted by molar-refractivity contribution is 0.108. The minimum absolute atomic E-state index is 0.250. The minimum atomic E-state index is 0.250. The fourth-order valence-corrected chi connectivity index (χ4v) is 1.96. The standard InChI is InChI=1S/C12H26N2O/c1-12(2,3)13-7-5-8-14-9-6-11(10-14)15-4/h11,13H,5-10H2,1-4H3. The van der Waals surface area contributed by atoms with Crippen LogP contribution >= 0.6 is 0 Å². The Balaban J connectivity index is 2.02. The van der Waals surface area contributed by atoms with Gasteiger partial charge in [0.1, 0.15) is 0 Å². The van der Waals surface area contributed by atoms with Gasteiger partial charge in [-0.25, -0.2) is 0 Å². The van der Waals surface area contributed by atoms with Crippen LogP contribution in [-0.2, 0) is 4.74 Å². The molecule has 0 aromatic carbocycles. The summed E-state index contributed by atoms with van der Waals surface area (Å²) in [6.45, 7) is 11.3. The third-order valence-electron chi connectivity index (χ3n) is 2.87. The molecule has 0 radical (unpaired) electrons. The van der Waals surface area contributed by atoms with E-state index < -0.39 is 0 Å². The molecule has 0 aromatic heterocycles. The Morgan fingerprint density at radius 1 is 1.40 bits per heavy atom. The van der Waals surface area contributed by atoms with Crippen molar-refractivity contribution in [1.29, 1.82) is 0 Å². The van der Waals surface area contributed by atoms with Gasteiger partial charge in [0, 0.05) is 25.7 Å². The van der Waals surface area contributed by atoms with E-state index in [9.17, 15) is 0 Å². The lowest BCUT2D eigenvalue weighted by Gasteiger charge is -2.22. The average Bonchev–Trinajstić information content (AvgIpc) is 2.59. The number of rotatable bonds is 5. The predicted octanol–water partition coefficient (Wildman–Crippen LogP) is 1.49. The Labute approximate surface area is 94.2 Å². The zero-order chi connectivity index (χ0) is 11.3. The van der Waals surface area contributed by atoms with Crippen LogP contribution in [0, 0.1) is 0 Å². The molecule has 1 fully saturated rings. The number of nitrogens with one attached hydrogen (secondary N) is 1. The van der Waals surface area contributed by atoms with E-state index in [4.69, 9.17) is 4.74 Å². The topological polar surface area (TPSA) is 24.5 Å². The molecule has 3 heteroatoms. The van der Waals surface area contributed by atoms with E-state index >= 15 is 0 Å². The van der Waals surface area contributed by atoms with Gasteiger partial charge >= 0.3 is 0 Å². The molecular weight excluding hydrogens is 188 g/mol. The van der Waals surface area contributed by atoms with Gasteiger partial charge in [0.25, 0.3) is 0 Å². The van der Waals surface area contributed by atoms with Crippen LogP contribution in [0.15, 0.2) is 0 Å². The number of nitrogens with zero attached hydrogens (tertiary/aromatic N) is 1. The van der Waals surface area contributed by atoms with Crippen molar-refractivity contribution in [2.75, 3.05) is 33.3 Å². The van der Waals surface area contributed by atoms with Crippen molar-refractivity contribution in [3.63, 3.8) is 0 Å². The average molecular weight is 214 g/mol. The first kappa shape index (κ1) is 12.9. The summed E-state index contributed by atoms with van der Waals surface area (Å²) in [6.07, 6.45) is 2.90. The van der Waals surface area contributed by atoms with Crippen molar-refractivity contribution in [1.82, 2.24) is 10.2 Å². The molecule has 1 saturated heterocycles. The first-order chi connectivity index (χ1) is 7.01. The zero-order valence-electron chi connectivity index (χ0n) is 10.7. The van der Waals surface area contributed by atoms with Gasteiger partial charge in [-0.15, -0.1) is 0 Å². The second-order valence-electron chi connectivity index (χ2n) is 5.48. The van der Waals surface area contributed by atoms with Crippen molar-refractivity contribution in [2.45, 2.75) is 45.3 Å². The highest BCUT2D eigenvalue weighted by molar-refractivity contribution is 4.76. The van der Waals surface area contributed by atoms with Gasteiger partial charge in [0.2, 0.25) is 0 Å². The smallest absolute Gasteiger partial charge is 0.0710 e. The maximum atomic E-state index is 5.34. The zero-order valence-corrected chi connectivity index (χ0v) is 10.7. The molecule has 0 amide bonds. The summed E-state index contributed by atoms with van der Waals surface area (Å²) in [5.74, 6) is 0. The van der Waals surface area contributed by atoms with Gasteiger partial charge in [0.15, 0.2) is 0 Å². The van der Waals surface area contributed by atoms with E-state index in [1.165, 1.54) is 25.9 Å². The highest BCUT2D eigenvalue weighted by Gasteiger charge is 2.21. The maximum absolute atomic E-state index is 5.34. The van der Waals surface area contributed by atoms with E-state index in [0.29, 0.717) is 6.10 Å². The summed E-state index contributed by atoms with van der Waals surface area (Å²) in [6, 6.07) is 0. The molecule has 1 heterocycles. The molecule has 1 atom stereocenters. The number of ether oxygens (including phenoxy) is 1. The molecule has 1 rings (SSSR count). The summed E-state index contributed by atoms with van der Waals surface area (Å²) >= 11 is 0. The van der Waals surface area contributed by atoms with Crippen molar-refractivity contribution in [3.05, 3.63) is 0 Å². The van der Waals surface area contributed by atoms with Gasteiger partial charge < -0.3 is 15.0 Å². The molecule has 0 bridgehead atoms. The fraction of sp³-hybridized carbons (Fsp3) is 1.00. The van der Waals surface area contributed by atoms with Gasteiger partial charge in [-0.2, -0.15) is 0 Å². The summed E-state index contributed by atoms with van der Waals surface area (Å²) < 4.78 is 5.34. The summed E-state index contributed by atoms with van der Waals surface area (Å²) in [4.78, 5) is 2.50. The Kier molecular flexibility index (Phi) is 5.03. The SMILES string of the molecule is COC1CCN(CCCNC(C)(C)C)C1. The molecule has 15 heavy (non-hydrogen) atoms. The largest absolute Gasteiger partial charge is 0.380 e. The van der Waals surface area contributed by atoms with Gasteiger partial charge in [0.05, 0.1) is 6.10 Å². The first-order valence-electron chi connectivity index (χ1n) is 6.01. The van der Waals surface area contributed by atoms with Crippen molar-refractivity contribution < 1.29 is 4.74 Å². The molecule has 1 unspecified atom stereocenters. The molecule has 1 aliphatic heterocycles. The fourth-order valence-electron chi connectivity index (χ4n) is 1.96. The van der Waals surface area contributed by atoms with Crippen LogP contribution in [-0.4, -0.2) is 49.8 Å². The van der Waals surface area contributed by atoms with E-state index in [0.717, 1.165) is 13.1 Å². The Bertz CT molecular complexity index is 177. The highest BCUT2D eigenvalue weighted by Crippen LogP contribution is 2.11. The normalized spacial score (nSPS) is 23.6. The van der Waals surface area contributed by atoms with E-state index in [-0.39, 0.29) is 5.54 Å². The highest BCUT2D eigenvalue weighted by atomic mass is 16.5. The van der Waals surface area contributed by atoms with Crippen LogP contribution < -0.4 is 5.32 Å². The third-order valence-corrected chi connectivity index (χ3v) is 2.87. The summed E-state index contributed by atoms with van der Waals surface area (Å²) in [7, 11) is 1.81. The van der Waals surface area contributed by atoms with Gasteiger partial charge in [-0.3, -0.25) is 0 Å². The van der Waals surface area contributed by atoms with Gasteiger partial charge in [-0.05, 0) is 46.7 Å². The van der Waals surface area contributed by atoms with Crippen LogP contribution in [0.3, 0.4) is 0 Å². The molecule has 0 aliphatic carbocycles. The number of hydrogen-bond acceptors (Lipinski definition) is 3. The van der Waals surface area contributed by atoms with E-state index in [1.807, 2.05) is 7.11 Å². The summed E-state index contributed by atoms with van der Waals surface area (Å²) in [5.41, 5.74) is 0.250. The van der Waals surface area contributed by atoms with Crippen LogP contribution in [0.1, 0.15) is 33.6 Å². The monoisotopic (exact) mass is 214 g/mol. The molecule has 1 N–H and O–H groups in total. The van der Waals surface area contributed by atoms with Crippen molar-refractivity contribution >= 4 is 0 Å². The van der Waals surface area contributed by atoms with E-state index in [1.54, 1.807) is 0 Å². The second-order valence-corrected chi connectivity index (χ2v) is 5.48. The first-order valence-corrected chi connectivity index (χ1v) is 6.01. The Morgan fingerprint density at radius 3 is 2.67 bits per heavy atom. The second kappa shape index (κ2) is 5.83. The van der Waals surface area contributed by atoms with Crippen molar-refractivity contribution in [2.24, 2.45) is 0 Å². The molecule has 90 valence electrons. The van der Waals surface area contributed by atoms with Crippen LogP contribution in [0.4, 0.5) is 0 Å². The minimum Gasteiger partial charge on any atom is -0.380 e. The molecular formula is C12H26N2O. The van der Waals surface area contributed by atoms with Crippen LogP contribution in [0.5, 0.6) is 0 Å². The number of likely N-dealkylation sites (tertiary alicyclic amines) is 1. The maximum Gasteiger partial charge on any atom is 0.0710 e. The van der Waals surface area contributed by atoms with Crippen LogP contribution in [0.25, 0.3) is 0 Å². The third kappa shape index (κ3) is 5.50. The lowest BCUT2D eigenvalue weighted by Crippen LogP contribution is -2.37. The van der Waals surface area contributed by atoms with E-state index in [2.05, 4.69) is 31.0 Å². The Morgan fingerprint density at radius 2 is 2.13 bits per heavy atom. The molecule has 0 aromatic rings. The summed E-state index contributed by atoms with van der Waals surface area (Å²) in [5, 5.41) is 3.51. The Hall–Kier alpha value is -0.120.